The van der Waals surface area contributed by atoms with Gasteiger partial charge in [0.05, 0.1) is 16.9 Å². The monoisotopic (exact) mass is 402 g/mol. The van der Waals surface area contributed by atoms with Crippen LogP contribution in [-0.2, 0) is 24.7 Å². The topological polar surface area (TPSA) is 101 Å². The molecule has 0 aliphatic carbocycles. The molecule has 9 heteroatoms. The van der Waals surface area contributed by atoms with Crippen LogP contribution in [0.1, 0.15) is 24.8 Å². The summed E-state index contributed by atoms with van der Waals surface area (Å²) in [5.74, 6) is -0.314. The van der Waals surface area contributed by atoms with Gasteiger partial charge in [-0.1, -0.05) is 17.7 Å². The lowest BCUT2D eigenvalue weighted by molar-refractivity contribution is -0.120. The van der Waals surface area contributed by atoms with Gasteiger partial charge < -0.3 is 5.32 Å². The SMILES string of the molecule is Cc1ccc(S(=O)(=O)CCC(=O)NCC2CCN(S(C)(=O)=O)CC2)cc1. The highest BCUT2D eigenvalue weighted by Crippen LogP contribution is 2.18. The number of amides is 1. The van der Waals surface area contributed by atoms with Crippen LogP contribution < -0.4 is 5.32 Å². The zero-order chi connectivity index (χ0) is 19.4. The molecule has 0 bridgehead atoms. The highest BCUT2D eigenvalue weighted by Gasteiger charge is 2.25. The maximum atomic E-state index is 12.2. The van der Waals surface area contributed by atoms with E-state index in [1.54, 1.807) is 24.3 Å². The second kappa shape index (κ2) is 8.49. The van der Waals surface area contributed by atoms with Gasteiger partial charge in [0, 0.05) is 26.1 Å². The molecule has 1 aromatic rings. The summed E-state index contributed by atoms with van der Waals surface area (Å²) in [4.78, 5) is 12.2. The Kier molecular flexibility index (Phi) is 6.81. The van der Waals surface area contributed by atoms with E-state index in [1.807, 2.05) is 6.92 Å². The van der Waals surface area contributed by atoms with Gasteiger partial charge in [-0.05, 0) is 37.8 Å². The molecule has 0 saturated carbocycles. The molecule has 1 aromatic carbocycles. The van der Waals surface area contributed by atoms with Gasteiger partial charge in [-0.3, -0.25) is 4.79 Å². The number of aryl methyl sites for hydroxylation is 1. The van der Waals surface area contributed by atoms with Crippen molar-refractivity contribution in [1.82, 2.24) is 9.62 Å². The summed E-state index contributed by atoms with van der Waals surface area (Å²) in [6.07, 6.45) is 2.49. The van der Waals surface area contributed by atoms with E-state index in [9.17, 15) is 21.6 Å². The first-order chi connectivity index (χ1) is 12.1. The van der Waals surface area contributed by atoms with Gasteiger partial charge in [-0.2, -0.15) is 0 Å². The smallest absolute Gasteiger partial charge is 0.221 e. The summed E-state index contributed by atoms with van der Waals surface area (Å²) in [6, 6.07) is 6.57. The molecule has 2 rings (SSSR count). The minimum absolute atomic E-state index is 0.0849. The lowest BCUT2D eigenvalue weighted by atomic mass is 9.98. The molecular formula is C17H26N2O5S2. The number of nitrogens with one attached hydrogen (secondary N) is 1. The van der Waals surface area contributed by atoms with Crippen LogP contribution in [0, 0.1) is 12.8 Å². The van der Waals surface area contributed by atoms with Gasteiger partial charge in [-0.25, -0.2) is 21.1 Å². The first kappa shape index (κ1) is 20.9. The Morgan fingerprint density at radius 2 is 1.69 bits per heavy atom. The predicted octanol–water partition coefficient (Wildman–Crippen LogP) is 0.947. The van der Waals surface area contributed by atoms with Crippen molar-refractivity contribution in [2.75, 3.05) is 31.6 Å². The molecule has 0 aromatic heterocycles. The fraction of sp³-hybridized carbons (Fsp3) is 0.588. The van der Waals surface area contributed by atoms with E-state index in [0.717, 1.165) is 5.56 Å². The normalized spacial score (nSPS) is 17.2. The summed E-state index contributed by atoms with van der Waals surface area (Å²) >= 11 is 0. The Morgan fingerprint density at radius 1 is 1.12 bits per heavy atom. The number of carbonyl (C=O) groups is 1. The number of rotatable bonds is 7. The second-order valence-corrected chi connectivity index (χ2v) is 10.9. The van der Waals surface area contributed by atoms with E-state index in [4.69, 9.17) is 0 Å². The summed E-state index contributed by atoms with van der Waals surface area (Å²) in [5, 5.41) is 2.77. The van der Waals surface area contributed by atoms with Gasteiger partial charge in [-0.15, -0.1) is 0 Å². The zero-order valence-electron chi connectivity index (χ0n) is 15.1. The molecule has 1 heterocycles. The van der Waals surface area contributed by atoms with Crippen molar-refractivity contribution in [3.8, 4) is 0 Å². The van der Waals surface area contributed by atoms with Crippen LogP contribution in [0.5, 0.6) is 0 Å². The Bertz CT molecular complexity index is 824. The highest BCUT2D eigenvalue weighted by molar-refractivity contribution is 7.91. The number of benzene rings is 1. The molecule has 1 amide bonds. The van der Waals surface area contributed by atoms with E-state index >= 15 is 0 Å². The summed E-state index contributed by atoms with van der Waals surface area (Å²) < 4.78 is 48.9. The van der Waals surface area contributed by atoms with Crippen LogP contribution >= 0.6 is 0 Å². The van der Waals surface area contributed by atoms with Crippen molar-refractivity contribution >= 4 is 25.8 Å². The highest BCUT2D eigenvalue weighted by atomic mass is 32.2. The first-order valence-corrected chi connectivity index (χ1v) is 12.1. The van der Waals surface area contributed by atoms with Gasteiger partial charge in [0.1, 0.15) is 0 Å². The van der Waals surface area contributed by atoms with Crippen LogP contribution in [0.25, 0.3) is 0 Å². The molecule has 146 valence electrons. The number of sulfone groups is 1. The molecule has 0 radical (unpaired) electrons. The van der Waals surface area contributed by atoms with Crippen molar-refractivity contribution in [2.45, 2.75) is 31.1 Å². The number of nitrogens with zero attached hydrogens (tertiary/aromatic N) is 1. The summed E-state index contributed by atoms with van der Waals surface area (Å²) in [5.41, 5.74) is 0.976. The standard InChI is InChI=1S/C17H26N2O5S2/c1-14-3-5-16(6-4-14)26(23,24)12-9-17(20)18-13-15-7-10-19(11-8-15)25(2,21)22/h3-6,15H,7-13H2,1-2H3,(H,18,20). The molecular weight excluding hydrogens is 376 g/mol. The van der Waals surface area contributed by atoms with E-state index in [-0.39, 0.29) is 28.9 Å². The molecule has 7 nitrogen and oxygen atoms in total. The van der Waals surface area contributed by atoms with Crippen molar-refractivity contribution in [1.29, 1.82) is 0 Å². The molecule has 1 N–H and O–H groups in total. The lowest BCUT2D eigenvalue weighted by Crippen LogP contribution is -2.41. The quantitative estimate of drug-likeness (QED) is 0.732. The number of piperidine rings is 1. The fourth-order valence-electron chi connectivity index (χ4n) is 2.88. The number of sulfonamides is 1. The fourth-order valence-corrected chi connectivity index (χ4v) is 5.00. The average molecular weight is 403 g/mol. The van der Waals surface area contributed by atoms with Gasteiger partial charge in [0.25, 0.3) is 0 Å². The van der Waals surface area contributed by atoms with E-state index in [0.29, 0.717) is 32.5 Å². The molecule has 0 spiro atoms. The first-order valence-electron chi connectivity index (χ1n) is 8.59. The van der Waals surface area contributed by atoms with E-state index in [2.05, 4.69) is 5.32 Å². The Hall–Kier alpha value is -1.45. The molecule has 0 unspecified atom stereocenters. The summed E-state index contributed by atoms with van der Waals surface area (Å²) in [6.45, 7) is 3.24. The average Bonchev–Trinajstić information content (AvgIpc) is 2.58. The second-order valence-electron chi connectivity index (χ2n) is 6.79. The van der Waals surface area contributed by atoms with E-state index < -0.39 is 19.9 Å². The largest absolute Gasteiger partial charge is 0.356 e. The number of carbonyl (C=O) groups excluding carboxylic acids is 1. The Balaban J connectivity index is 1.75. The van der Waals surface area contributed by atoms with Gasteiger partial charge >= 0.3 is 0 Å². The predicted molar refractivity (Wildman–Crippen MR) is 100.0 cm³/mol. The molecule has 26 heavy (non-hydrogen) atoms. The van der Waals surface area contributed by atoms with Crippen LogP contribution in [-0.4, -0.2) is 58.7 Å². The number of hydrogen-bond donors (Lipinski definition) is 1. The van der Waals surface area contributed by atoms with Crippen LogP contribution in [0.15, 0.2) is 29.2 Å². The van der Waals surface area contributed by atoms with Gasteiger partial charge in [0.15, 0.2) is 9.84 Å². The lowest BCUT2D eigenvalue weighted by Gasteiger charge is -2.30. The number of hydrogen-bond acceptors (Lipinski definition) is 5. The summed E-state index contributed by atoms with van der Waals surface area (Å²) in [7, 11) is -6.63. The van der Waals surface area contributed by atoms with Crippen molar-refractivity contribution in [3.05, 3.63) is 29.8 Å². The third-order valence-corrected chi connectivity index (χ3v) is 7.64. The minimum atomic E-state index is -3.47. The Labute approximate surface area is 155 Å². The maximum absolute atomic E-state index is 12.2. The molecule has 1 aliphatic rings. The van der Waals surface area contributed by atoms with Crippen molar-refractivity contribution < 1.29 is 21.6 Å². The molecule has 1 saturated heterocycles. The van der Waals surface area contributed by atoms with Crippen LogP contribution in [0.3, 0.4) is 0 Å². The molecule has 1 aliphatic heterocycles. The third-order valence-electron chi connectivity index (χ3n) is 4.61. The maximum Gasteiger partial charge on any atom is 0.221 e. The van der Waals surface area contributed by atoms with Crippen LogP contribution in [0.4, 0.5) is 0 Å². The van der Waals surface area contributed by atoms with Crippen molar-refractivity contribution in [3.63, 3.8) is 0 Å². The van der Waals surface area contributed by atoms with Gasteiger partial charge in [0.2, 0.25) is 15.9 Å². The Morgan fingerprint density at radius 3 is 2.23 bits per heavy atom. The minimum Gasteiger partial charge on any atom is -0.356 e. The van der Waals surface area contributed by atoms with E-state index in [1.165, 1.54) is 10.6 Å². The molecule has 0 atom stereocenters. The zero-order valence-corrected chi connectivity index (χ0v) is 16.8. The third kappa shape index (κ3) is 6.07. The molecule has 1 fully saturated rings. The van der Waals surface area contributed by atoms with Crippen molar-refractivity contribution in [2.24, 2.45) is 5.92 Å². The van der Waals surface area contributed by atoms with Crippen LogP contribution in [0.2, 0.25) is 0 Å².